The van der Waals surface area contributed by atoms with Crippen LogP contribution >= 0.6 is 11.3 Å². The van der Waals surface area contributed by atoms with Gasteiger partial charge in [-0.05, 0) is 36.1 Å². The summed E-state index contributed by atoms with van der Waals surface area (Å²) in [4.78, 5) is 30.7. The van der Waals surface area contributed by atoms with E-state index in [1.165, 1.54) is 30.6 Å². The number of anilines is 1. The molecule has 3 aromatic rings. The van der Waals surface area contributed by atoms with E-state index in [4.69, 9.17) is 14.3 Å². The molecule has 0 radical (unpaired) electrons. The van der Waals surface area contributed by atoms with Crippen LogP contribution in [0.5, 0.6) is 0 Å². The average Bonchev–Trinajstić information content (AvgIpc) is 3.33. The molecule has 11 heteroatoms. The van der Waals surface area contributed by atoms with Crippen LogP contribution in [-0.2, 0) is 42.9 Å². The van der Waals surface area contributed by atoms with E-state index in [0.29, 0.717) is 11.4 Å². The second kappa shape index (κ2) is 11.8. The van der Waals surface area contributed by atoms with Crippen molar-refractivity contribution in [2.75, 3.05) is 11.8 Å². The summed E-state index contributed by atoms with van der Waals surface area (Å²) in [6.45, 7) is 6.15. The first kappa shape index (κ1) is 28.3. The third kappa shape index (κ3) is 8.38. The summed E-state index contributed by atoms with van der Waals surface area (Å²) < 4.78 is 38.1. The van der Waals surface area contributed by atoms with Crippen molar-refractivity contribution in [1.29, 1.82) is 0 Å². The van der Waals surface area contributed by atoms with Gasteiger partial charge in [0.05, 0.1) is 24.5 Å². The molecule has 0 fully saturated rings. The summed E-state index contributed by atoms with van der Waals surface area (Å²) >= 11 is 1.42. The van der Waals surface area contributed by atoms with Crippen LogP contribution < -0.4 is 10.0 Å². The molecule has 1 aromatic heterocycles. The van der Waals surface area contributed by atoms with Gasteiger partial charge < -0.3 is 10.1 Å². The summed E-state index contributed by atoms with van der Waals surface area (Å²) in [7, 11) is -3.13. The van der Waals surface area contributed by atoms with Gasteiger partial charge >= 0.3 is 16.3 Å². The van der Waals surface area contributed by atoms with Crippen molar-refractivity contribution in [2.24, 2.45) is 5.92 Å². The Kier molecular flexibility index (Phi) is 9.06. The zero-order chi connectivity index (χ0) is 27.2. The van der Waals surface area contributed by atoms with Crippen LogP contribution in [-0.4, -0.2) is 36.9 Å². The molecule has 0 aliphatic rings. The summed E-state index contributed by atoms with van der Waals surface area (Å²) in [5, 5.41) is 5.63. The Labute approximate surface area is 221 Å². The number of carbonyl (C=O) groups excluding carboxylic acids is 2. The zero-order valence-electron chi connectivity index (χ0n) is 21.1. The van der Waals surface area contributed by atoms with Gasteiger partial charge in [-0.3, -0.25) is 18.9 Å². The Bertz CT molecular complexity index is 1320. The number of thiazole rings is 1. The molecule has 9 nitrogen and oxygen atoms in total. The van der Waals surface area contributed by atoms with Gasteiger partial charge in [0.1, 0.15) is 10.9 Å². The van der Waals surface area contributed by atoms with E-state index in [9.17, 15) is 18.0 Å². The number of benzene rings is 2. The highest BCUT2D eigenvalue weighted by molar-refractivity contribution is 7.87. The number of nitrogens with one attached hydrogen (secondary N) is 2. The van der Waals surface area contributed by atoms with Crippen molar-refractivity contribution in [3.63, 3.8) is 0 Å². The number of ether oxygens (including phenoxy) is 1. The van der Waals surface area contributed by atoms with Gasteiger partial charge in [0, 0.05) is 10.8 Å². The lowest BCUT2D eigenvalue weighted by Crippen LogP contribution is -2.40. The fourth-order valence-electron chi connectivity index (χ4n) is 3.63. The smallest absolute Gasteiger partial charge is 0.357 e. The SMILES string of the molecule is COC(=O)C(Cc1ccccc1)C(=O)NC(Cc1ccc(NS(=O)(=O)O)cc1)c1nc(C(C)(C)C)cs1. The molecule has 3 N–H and O–H groups in total. The minimum absolute atomic E-state index is 0.186. The summed E-state index contributed by atoms with van der Waals surface area (Å²) in [6.07, 6.45) is 0.529. The standard InChI is InChI=1S/C26H31N3O6S2/c1-26(2,3)22-16-36-24(28-22)21(15-18-10-12-19(13-11-18)29-37(32,33)34)27-23(30)20(25(31)35-4)14-17-8-6-5-7-9-17/h5-13,16,20-21,29H,14-15H2,1-4H3,(H,27,30)(H,32,33,34). The topological polar surface area (TPSA) is 135 Å². The zero-order valence-corrected chi connectivity index (χ0v) is 22.7. The van der Waals surface area contributed by atoms with Crippen LogP contribution in [0.25, 0.3) is 0 Å². The fraction of sp³-hybridized carbons (Fsp3) is 0.346. The molecule has 198 valence electrons. The summed E-state index contributed by atoms with van der Waals surface area (Å²) in [5.74, 6) is -2.15. The Morgan fingerprint density at radius 2 is 1.65 bits per heavy atom. The first-order valence-electron chi connectivity index (χ1n) is 11.6. The van der Waals surface area contributed by atoms with E-state index in [0.717, 1.165) is 16.8 Å². The predicted molar refractivity (Wildman–Crippen MR) is 143 cm³/mol. The molecule has 1 heterocycles. The Morgan fingerprint density at radius 1 is 1.03 bits per heavy atom. The third-order valence-electron chi connectivity index (χ3n) is 5.63. The van der Waals surface area contributed by atoms with E-state index in [1.807, 2.05) is 61.2 Å². The number of nitrogens with zero attached hydrogens (tertiary/aromatic N) is 1. The lowest BCUT2D eigenvalue weighted by Gasteiger charge is -2.21. The highest BCUT2D eigenvalue weighted by atomic mass is 32.2. The first-order valence-corrected chi connectivity index (χ1v) is 13.9. The molecule has 1 amide bonds. The monoisotopic (exact) mass is 545 g/mol. The van der Waals surface area contributed by atoms with Crippen molar-refractivity contribution in [3.8, 4) is 0 Å². The van der Waals surface area contributed by atoms with Crippen molar-refractivity contribution in [2.45, 2.75) is 45.1 Å². The van der Waals surface area contributed by atoms with Crippen molar-refractivity contribution < 1.29 is 27.3 Å². The van der Waals surface area contributed by atoms with Gasteiger partial charge in [-0.25, -0.2) is 4.98 Å². The highest BCUT2D eigenvalue weighted by Gasteiger charge is 2.31. The van der Waals surface area contributed by atoms with Gasteiger partial charge in [-0.15, -0.1) is 11.3 Å². The lowest BCUT2D eigenvalue weighted by molar-refractivity contribution is -0.150. The van der Waals surface area contributed by atoms with E-state index in [-0.39, 0.29) is 17.5 Å². The molecule has 2 aromatic carbocycles. The van der Waals surface area contributed by atoms with E-state index in [2.05, 4.69) is 5.32 Å². The van der Waals surface area contributed by atoms with Gasteiger partial charge in [0.2, 0.25) is 5.91 Å². The average molecular weight is 546 g/mol. The molecule has 3 rings (SSSR count). The summed E-state index contributed by atoms with van der Waals surface area (Å²) in [6, 6.07) is 15.1. The van der Waals surface area contributed by atoms with Crippen LogP contribution in [0.2, 0.25) is 0 Å². The second-order valence-corrected chi connectivity index (χ2v) is 11.7. The van der Waals surface area contributed by atoms with E-state index >= 15 is 0 Å². The molecular formula is C26H31N3O6S2. The minimum atomic E-state index is -4.39. The first-order chi connectivity index (χ1) is 17.4. The molecular weight excluding hydrogens is 514 g/mol. The van der Waals surface area contributed by atoms with Crippen LogP contribution in [0.4, 0.5) is 5.69 Å². The molecule has 2 atom stereocenters. The number of methoxy groups -OCH3 is 1. The van der Waals surface area contributed by atoms with Gasteiger partial charge in [0.25, 0.3) is 0 Å². The molecule has 0 spiro atoms. The maximum Gasteiger partial charge on any atom is 0.357 e. The maximum atomic E-state index is 13.4. The molecule has 0 aliphatic carbocycles. The second-order valence-electron chi connectivity index (χ2n) is 9.63. The van der Waals surface area contributed by atoms with Gasteiger partial charge in [0.15, 0.2) is 0 Å². The van der Waals surface area contributed by atoms with Crippen LogP contribution in [0.3, 0.4) is 0 Å². The molecule has 0 saturated heterocycles. The summed E-state index contributed by atoms with van der Waals surface area (Å²) in [5.41, 5.74) is 2.51. The number of carbonyl (C=O) groups is 2. The minimum Gasteiger partial charge on any atom is -0.468 e. The van der Waals surface area contributed by atoms with Gasteiger partial charge in [-0.2, -0.15) is 8.42 Å². The Hall–Kier alpha value is -3.28. The number of hydrogen-bond donors (Lipinski definition) is 3. The van der Waals surface area contributed by atoms with Crippen LogP contribution in [0, 0.1) is 5.92 Å². The number of esters is 1. The maximum absolute atomic E-state index is 13.4. The molecule has 37 heavy (non-hydrogen) atoms. The molecule has 0 bridgehead atoms. The quantitative estimate of drug-likeness (QED) is 0.198. The normalized spacial score (nSPS) is 13.4. The fourth-order valence-corrected chi connectivity index (χ4v) is 5.16. The largest absolute Gasteiger partial charge is 0.468 e. The number of rotatable bonds is 10. The van der Waals surface area contributed by atoms with Crippen molar-refractivity contribution >= 4 is 39.2 Å². The number of hydrogen-bond acceptors (Lipinski definition) is 7. The highest BCUT2D eigenvalue weighted by Crippen LogP contribution is 2.29. The van der Waals surface area contributed by atoms with Crippen molar-refractivity contribution in [3.05, 3.63) is 81.8 Å². The molecule has 0 aliphatic heterocycles. The Balaban J connectivity index is 1.88. The third-order valence-corrected chi connectivity index (χ3v) is 7.08. The van der Waals surface area contributed by atoms with Crippen molar-refractivity contribution in [1.82, 2.24) is 10.3 Å². The Morgan fingerprint density at radius 3 is 2.19 bits per heavy atom. The van der Waals surface area contributed by atoms with Crippen LogP contribution in [0.15, 0.2) is 60.0 Å². The molecule has 2 unspecified atom stereocenters. The predicted octanol–water partition coefficient (Wildman–Crippen LogP) is 4.09. The van der Waals surface area contributed by atoms with Gasteiger partial charge in [-0.1, -0.05) is 63.2 Å². The lowest BCUT2D eigenvalue weighted by atomic mass is 9.93. The van der Waals surface area contributed by atoms with Crippen LogP contribution in [0.1, 0.15) is 48.6 Å². The number of aromatic nitrogens is 1. The number of amides is 1. The van der Waals surface area contributed by atoms with E-state index < -0.39 is 34.1 Å². The van der Waals surface area contributed by atoms with E-state index in [1.54, 1.807) is 12.1 Å². The molecule has 0 saturated carbocycles.